The van der Waals surface area contributed by atoms with E-state index >= 15 is 0 Å². The van der Waals surface area contributed by atoms with Crippen molar-refractivity contribution in [1.82, 2.24) is 9.97 Å². The van der Waals surface area contributed by atoms with E-state index in [2.05, 4.69) is 15.3 Å². The molecule has 1 amide bonds. The van der Waals surface area contributed by atoms with Crippen LogP contribution in [0.3, 0.4) is 0 Å². The molecule has 5 nitrogen and oxygen atoms in total. The maximum Gasteiger partial charge on any atom is 0.242 e. The Kier molecular flexibility index (Phi) is 4.52. The third kappa shape index (κ3) is 3.43. The van der Waals surface area contributed by atoms with E-state index in [1.165, 1.54) is 0 Å². The number of carbonyl (C=O) groups excluding carboxylic acids is 1. The Hall–Kier alpha value is -1.72. The number of nitrogens with zero attached hydrogens (tertiary/aromatic N) is 2. The molecule has 0 aliphatic heterocycles. The van der Waals surface area contributed by atoms with E-state index in [-0.39, 0.29) is 16.9 Å². The lowest BCUT2D eigenvalue weighted by atomic mass is 10.0. The number of amides is 1. The highest BCUT2D eigenvalue weighted by atomic mass is 35.5. The Morgan fingerprint density at radius 2 is 1.90 bits per heavy atom. The summed E-state index contributed by atoms with van der Waals surface area (Å²) >= 11 is 6.03. The number of benzene rings is 1. The van der Waals surface area contributed by atoms with Crippen LogP contribution in [0.4, 0.5) is 5.82 Å². The zero-order chi connectivity index (χ0) is 14.7. The van der Waals surface area contributed by atoms with E-state index < -0.39 is 6.04 Å². The first-order valence-electron chi connectivity index (χ1n) is 6.46. The van der Waals surface area contributed by atoms with Gasteiger partial charge in [0.05, 0.1) is 17.1 Å². The van der Waals surface area contributed by atoms with Crippen LogP contribution in [0.25, 0.3) is 11.0 Å². The van der Waals surface area contributed by atoms with Crippen molar-refractivity contribution in [2.45, 2.75) is 26.3 Å². The molecule has 0 aliphatic carbocycles. The first kappa shape index (κ1) is 14.7. The second-order valence-corrected chi connectivity index (χ2v) is 5.44. The number of aromatic nitrogens is 2. The van der Waals surface area contributed by atoms with E-state index in [9.17, 15) is 4.79 Å². The van der Waals surface area contributed by atoms with Crippen molar-refractivity contribution in [2.75, 3.05) is 5.32 Å². The largest absolute Gasteiger partial charge is 0.320 e. The van der Waals surface area contributed by atoms with Crippen LogP contribution in [0, 0.1) is 5.92 Å². The summed E-state index contributed by atoms with van der Waals surface area (Å²) in [6.45, 7) is 4.02. The number of rotatable bonds is 4. The zero-order valence-electron chi connectivity index (χ0n) is 11.4. The molecule has 1 aromatic heterocycles. The Morgan fingerprint density at radius 1 is 1.30 bits per heavy atom. The maximum absolute atomic E-state index is 12.0. The van der Waals surface area contributed by atoms with Crippen LogP contribution in [0.5, 0.6) is 0 Å². The van der Waals surface area contributed by atoms with Gasteiger partial charge in [-0.25, -0.2) is 9.97 Å². The van der Waals surface area contributed by atoms with Gasteiger partial charge < -0.3 is 11.1 Å². The molecule has 3 N–H and O–H groups in total. The molecule has 2 rings (SSSR count). The number of nitrogens with two attached hydrogens (primary N) is 1. The van der Waals surface area contributed by atoms with Crippen LogP contribution < -0.4 is 11.1 Å². The topological polar surface area (TPSA) is 80.9 Å². The second kappa shape index (κ2) is 6.15. The van der Waals surface area contributed by atoms with Gasteiger partial charge in [0.2, 0.25) is 5.91 Å². The monoisotopic (exact) mass is 292 g/mol. The lowest BCUT2D eigenvalue weighted by Crippen LogP contribution is -2.37. The fourth-order valence-electron chi connectivity index (χ4n) is 1.88. The van der Waals surface area contributed by atoms with Gasteiger partial charge in [-0.2, -0.15) is 0 Å². The average Bonchev–Trinajstić information content (AvgIpc) is 2.38. The molecular weight excluding hydrogens is 276 g/mol. The molecule has 1 atom stereocenters. The van der Waals surface area contributed by atoms with Crippen molar-refractivity contribution < 1.29 is 4.79 Å². The van der Waals surface area contributed by atoms with Crippen LogP contribution in [0.1, 0.15) is 20.3 Å². The van der Waals surface area contributed by atoms with Crippen molar-refractivity contribution in [3.8, 4) is 0 Å². The van der Waals surface area contributed by atoms with Crippen molar-refractivity contribution in [3.05, 3.63) is 29.4 Å². The third-order valence-corrected chi connectivity index (χ3v) is 3.10. The zero-order valence-corrected chi connectivity index (χ0v) is 12.2. The first-order chi connectivity index (χ1) is 9.47. The van der Waals surface area contributed by atoms with E-state index in [1.54, 1.807) is 0 Å². The van der Waals surface area contributed by atoms with Crippen LogP contribution in [0.15, 0.2) is 24.3 Å². The number of para-hydroxylation sites is 2. The highest BCUT2D eigenvalue weighted by Crippen LogP contribution is 2.21. The molecule has 0 bridgehead atoms. The van der Waals surface area contributed by atoms with Gasteiger partial charge in [-0.1, -0.05) is 37.6 Å². The number of halogens is 1. The summed E-state index contributed by atoms with van der Waals surface area (Å²) in [6.07, 6.45) is 0.602. The lowest BCUT2D eigenvalue weighted by molar-refractivity contribution is -0.117. The average molecular weight is 293 g/mol. The Balaban J connectivity index is 2.21. The van der Waals surface area contributed by atoms with E-state index in [4.69, 9.17) is 17.3 Å². The van der Waals surface area contributed by atoms with Crippen LogP contribution >= 0.6 is 11.6 Å². The Bertz CT molecular complexity index is 630. The molecule has 106 valence electrons. The summed E-state index contributed by atoms with van der Waals surface area (Å²) in [6, 6.07) is 6.73. The van der Waals surface area contributed by atoms with Crippen LogP contribution in [-0.4, -0.2) is 21.9 Å². The SMILES string of the molecule is CC(C)C[C@@H](N)C(=O)Nc1nc2ccccc2nc1Cl. The van der Waals surface area contributed by atoms with Crippen molar-refractivity contribution in [2.24, 2.45) is 11.7 Å². The molecule has 6 heteroatoms. The molecular formula is C14H17ClN4O. The molecule has 0 saturated heterocycles. The molecule has 20 heavy (non-hydrogen) atoms. The van der Waals surface area contributed by atoms with E-state index in [0.717, 1.165) is 0 Å². The van der Waals surface area contributed by atoms with Crippen molar-refractivity contribution in [1.29, 1.82) is 0 Å². The van der Waals surface area contributed by atoms with Crippen molar-refractivity contribution >= 4 is 34.4 Å². The number of hydrogen-bond acceptors (Lipinski definition) is 4. The lowest BCUT2D eigenvalue weighted by Gasteiger charge is -2.14. The summed E-state index contributed by atoms with van der Waals surface area (Å²) in [7, 11) is 0. The van der Waals surface area contributed by atoms with E-state index in [0.29, 0.717) is 23.4 Å². The molecule has 1 aromatic carbocycles. The third-order valence-electron chi connectivity index (χ3n) is 2.83. The fraction of sp³-hybridized carbons (Fsp3) is 0.357. The summed E-state index contributed by atoms with van der Waals surface area (Å²) in [5.74, 6) is 0.286. The van der Waals surface area contributed by atoms with Crippen LogP contribution in [-0.2, 0) is 4.79 Å². The van der Waals surface area contributed by atoms with E-state index in [1.807, 2.05) is 38.1 Å². The first-order valence-corrected chi connectivity index (χ1v) is 6.84. The van der Waals surface area contributed by atoms with Gasteiger partial charge in [0.15, 0.2) is 11.0 Å². The van der Waals surface area contributed by atoms with Gasteiger partial charge in [-0.15, -0.1) is 0 Å². The highest BCUT2D eigenvalue weighted by molar-refractivity contribution is 6.32. The molecule has 0 fully saturated rings. The molecule has 2 aromatic rings. The van der Waals surface area contributed by atoms with Gasteiger partial charge in [0.25, 0.3) is 0 Å². The minimum Gasteiger partial charge on any atom is -0.320 e. The van der Waals surface area contributed by atoms with Crippen LogP contribution in [0.2, 0.25) is 5.15 Å². The number of anilines is 1. The number of hydrogen-bond donors (Lipinski definition) is 2. The smallest absolute Gasteiger partial charge is 0.242 e. The minimum atomic E-state index is -0.584. The van der Waals surface area contributed by atoms with Gasteiger partial charge in [-0.05, 0) is 24.5 Å². The van der Waals surface area contributed by atoms with Gasteiger partial charge in [0, 0.05) is 0 Å². The summed E-state index contributed by atoms with van der Waals surface area (Å²) < 4.78 is 0. The normalized spacial score (nSPS) is 12.7. The van der Waals surface area contributed by atoms with Gasteiger partial charge >= 0.3 is 0 Å². The molecule has 1 heterocycles. The standard InChI is InChI=1S/C14H17ClN4O/c1-8(2)7-9(16)14(20)19-13-12(15)17-10-5-3-4-6-11(10)18-13/h3-6,8-9H,7,16H2,1-2H3,(H,18,19,20)/t9-/m1/s1. The highest BCUT2D eigenvalue weighted by Gasteiger charge is 2.17. The Morgan fingerprint density at radius 3 is 2.50 bits per heavy atom. The molecule has 0 aliphatic rings. The summed E-state index contributed by atoms with van der Waals surface area (Å²) in [5.41, 5.74) is 7.18. The quantitative estimate of drug-likeness (QED) is 0.907. The molecule has 0 spiro atoms. The molecule has 0 radical (unpaired) electrons. The van der Waals surface area contributed by atoms with Gasteiger partial charge in [-0.3, -0.25) is 4.79 Å². The number of fused-ring (bicyclic) bond motifs is 1. The van der Waals surface area contributed by atoms with Crippen molar-refractivity contribution in [3.63, 3.8) is 0 Å². The molecule has 0 unspecified atom stereocenters. The fourth-order valence-corrected chi connectivity index (χ4v) is 2.06. The maximum atomic E-state index is 12.0. The second-order valence-electron chi connectivity index (χ2n) is 5.08. The molecule has 0 saturated carbocycles. The van der Waals surface area contributed by atoms with Gasteiger partial charge in [0.1, 0.15) is 0 Å². The number of nitrogens with one attached hydrogen (secondary N) is 1. The number of carbonyl (C=O) groups is 1. The predicted molar refractivity (Wildman–Crippen MR) is 80.6 cm³/mol. The Labute approximate surface area is 122 Å². The summed E-state index contributed by atoms with van der Waals surface area (Å²) in [4.78, 5) is 20.5. The summed E-state index contributed by atoms with van der Waals surface area (Å²) in [5, 5.41) is 2.80. The minimum absolute atomic E-state index is 0.161. The predicted octanol–water partition coefficient (Wildman–Crippen LogP) is 2.60.